The molecule has 2 aliphatic heterocycles. The first kappa shape index (κ1) is 17.3. The van der Waals surface area contributed by atoms with Gasteiger partial charge in [0.05, 0.1) is 24.6 Å². The summed E-state index contributed by atoms with van der Waals surface area (Å²) < 4.78 is 23.7. The fraction of sp³-hybridized carbons (Fsp3) is 0.318. The van der Waals surface area contributed by atoms with Crippen molar-refractivity contribution in [2.24, 2.45) is 0 Å². The minimum absolute atomic E-state index is 0.256. The molecule has 3 aromatic rings. The lowest BCUT2D eigenvalue weighted by atomic mass is 10.1. The van der Waals surface area contributed by atoms with Crippen molar-refractivity contribution in [3.8, 4) is 28.4 Å². The van der Waals surface area contributed by atoms with Gasteiger partial charge >= 0.3 is 0 Å². The zero-order valence-electron chi connectivity index (χ0n) is 15.7. The van der Waals surface area contributed by atoms with Crippen LogP contribution in [-0.2, 0) is 9.47 Å². The Kier molecular flexibility index (Phi) is 4.50. The van der Waals surface area contributed by atoms with Crippen LogP contribution in [-0.4, -0.2) is 48.4 Å². The standard InChI is InChI=1S/C22H22N2O4/c1-15-10-17(4-7-22(15)28-14-20-13-27-20)24-9-8-21(23-24)16-2-5-18(6-3-16)25-11-19-12-26-19/h2-10,19-20H,11-14H2,1H3. The molecule has 2 atom stereocenters. The Hall–Kier alpha value is -2.83. The molecule has 28 heavy (non-hydrogen) atoms. The third-order valence-corrected chi connectivity index (χ3v) is 4.83. The number of ether oxygens (including phenoxy) is 4. The molecule has 3 heterocycles. The first-order valence-electron chi connectivity index (χ1n) is 9.50. The summed E-state index contributed by atoms with van der Waals surface area (Å²) in [6.07, 6.45) is 2.49. The van der Waals surface area contributed by atoms with Crippen LogP contribution in [0.25, 0.3) is 16.9 Å². The largest absolute Gasteiger partial charge is 0.491 e. The van der Waals surface area contributed by atoms with E-state index in [0.29, 0.717) is 13.2 Å². The molecule has 5 rings (SSSR count). The van der Waals surface area contributed by atoms with Gasteiger partial charge in [-0.1, -0.05) is 0 Å². The maximum absolute atomic E-state index is 5.80. The van der Waals surface area contributed by atoms with Crippen LogP contribution in [0.2, 0.25) is 0 Å². The van der Waals surface area contributed by atoms with Crippen molar-refractivity contribution in [1.82, 2.24) is 9.78 Å². The Morgan fingerprint density at radius 3 is 2.36 bits per heavy atom. The van der Waals surface area contributed by atoms with Crippen LogP contribution in [0.15, 0.2) is 54.7 Å². The van der Waals surface area contributed by atoms with E-state index < -0.39 is 0 Å². The average Bonchev–Trinajstić information content (AvgIpc) is 3.65. The number of hydrogen-bond donors (Lipinski definition) is 0. The molecule has 2 saturated heterocycles. The summed E-state index contributed by atoms with van der Waals surface area (Å²) in [5.41, 5.74) is 4.05. The van der Waals surface area contributed by atoms with E-state index in [4.69, 9.17) is 24.0 Å². The van der Waals surface area contributed by atoms with Crippen LogP contribution < -0.4 is 9.47 Å². The third kappa shape index (κ3) is 4.03. The molecule has 0 bridgehead atoms. The second kappa shape index (κ2) is 7.30. The SMILES string of the molecule is Cc1cc(-n2ccc(-c3ccc(OCC4CO4)cc3)n2)ccc1OCC1CO1. The summed E-state index contributed by atoms with van der Waals surface area (Å²) in [7, 11) is 0. The van der Waals surface area contributed by atoms with Crippen LogP contribution in [0.3, 0.4) is 0 Å². The molecule has 2 aliphatic rings. The normalized spacial score (nSPS) is 20.0. The predicted molar refractivity (Wildman–Crippen MR) is 104 cm³/mol. The van der Waals surface area contributed by atoms with E-state index in [2.05, 4.69) is 6.07 Å². The lowest BCUT2D eigenvalue weighted by Gasteiger charge is -2.10. The highest BCUT2D eigenvalue weighted by molar-refractivity contribution is 5.60. The number of epoxide rings is 2. The maximum atomic E-state index is 5.80. The molecule has 1 aromatic heterocycles. The first-order chi connectivity index (χ1) is 13.7. The summed E-state index contributed by atoms with van der Waals surface area (Å²) in [5, 5.41) is 4.71. The lowest BCUT2D eigenvalue weighted by Crippen LogP contribution is -2.05. The molecule has 2 aromatic carbocycles. The molecule has 2 fully saturated rings. The minimum Gasteiger partial charge on any atom is -0.491 e. The molecule has 0 saturated carbocycles. The molecule has 0 aliphatic carbocycles. The Morgan fingerprint density at radius 1 is 0.964 bits per heavy atom. The fourth-order valence-corrected chi connectivity index (χ4v) is 2.98. The number of hydrogen-bond acceptors (Lipinski definition) is 5. The number of nitrogens with zero attached hydrogens (tertiary/aromatic N) is 2. The monoisotopic (exact) mass is 378 g/mol. The Balaban J connectivity index is 1.27. The maximum Gasteiger partial charge on any atom is 0.122 e. The number of rotatable bonds is 8. The van der Waals surface area contributed by atoms with Gasteiger partial charge in [0, 0.05) is 11.8 Å². The molecule has 0 spiro atoms. The van der Waals surface area contributed by atoms with Crippen LogP contribution in [0.1, 0.15) is 5.56 Å². The van der Waals surface area contributed by atoms with Gasteiger partial charge in [-0.25, -0.2) is 4.68 Å². The van der Waals surface area contributed by atoms with Gasteiger partial charge in [-0.15, -0.1) is 0 Å². The quantitative estimate of drug-likeness (QED) is 0.562. The molecule has 6 nitrogen and oxygen atoms in total. The van der Waals surface area contributed by atoms with Crippen molar-refractivity contribution < 1.29 is 18.9 Å². The van der Waals surface area contributed by atoms with Crippen molar-refractivity contribution in [2.45, 2.75) is 19.1 Å². The summed E-state index contributed by atoms with van der Waals surface area (Å²) in [6, 6.07) is 16.1. The zero-order chi connectivity index (χ0) is 18.9. The Morgan fingerprint density at radius 2 is 1.68 bits per heavy atom. The van der Waals surface area contributed by atoms with E-state index in [1.165, 1.54) is 0 Å². The van der Waals surface area contributed by atoms with Crippen molar-refractivity contribution in [3.63, 3.8) is 0 Å². The summed E-state index contributed by atoms with van der Waals surface area (Å²) in [4.78, 5) is 0. The van der Waals surface area contributed by atoms with E-state index in [1.807, 2.05) is 60.3 Å². The second-order valence-electron chi connectivity index (χ2n) is 7.15. The highest BCUT2D eigenvalue weighted by Crippen LogP contribution is 2.25. The molecular weight excluding hydrogens is 356 g/mol. The van der Waals surface area contributed by atoms with Crippen molar-refractivity contribution in [1.29, 1.82) is 0 Å². The van der Waals surface area contributed by atoms with E-state index in [1.54, 1.807) is 0 Å². The number of aromatic nitrogens is 2. The number of benzene rings is 2. The van der Waals surface area contributed by atoms with Gasteiger partial charge in [0.2, 0.25) is 0 Å². The van der Waals surface area contributed by atoms with E-state index in [9.17, 15) is 0 Å². The van der Waals surface area contributed by atoms with Gasteiger partial charge in [0.1, 0.15) is 36.9 Å². The third-order valence-electron chi connectivity index (χ3n) is 4.83. The summed E-state index contributed by atoms with van der Waals surface area (Å²) >= 11 is 0. The molecular formula is C22H22N2O4. The van der Waals surface area contributed by atoms with Gasteiger partial charge in [0.15, 0.2) is 0 Å². The van der Waals surface area contributed by atoms with Crippen LogP contribution in [0, 0.1) is 6.92 Å². The second-order valence-corrected chi connectivity index (χ2v) is 7.15. The minimum atomic E-state index is 0.256. The van der Waals surface area contributed by atoms with Gasteiger partial charge in [-0.3, -0.25) is 0 Å². The molecule has 0 amide bonds. The fourth-order valence-electron chi connectivity index (χ4n) is 2.98. The van der Waals surface area contributed by atoms with E-state index in [-0.39, 0.29) is 12.2 Å². The van der Waals surface area contributed by atoms with Crippen molar-refractivity contribution >= 4 is 0 Å². The van der Waals surface area contributed by atoms with E-state index >= 15 is 0 Å². The van der Waals surface area contributed by atoms with Gasteiger partial charge in [-0.2, -0.15) is 5.10 Å². The number of aryl methyl sites for hydroxylation is 1. The van der Waals surface area contributed by atoms with Gasteiger partial charge in [-0.05, 0) is 61.0 Å². The molecule has 0 radical (unpaired) electrons. The van der Waals surface area contributed by atoms with E-state index in [0.717, 1.165) is 47.2 Å². The molecule has 144 valence electrons. The van der Waals surface area contributed by atoms with Gasteiger partial charge in [0.25, 0.3) is 0 Å². The molecule has 2 unspecified atom stereocenters. The smallest absolute Gasteiger partial charge is 0.122 e. The van der Waals surface area contributed by atoms with Crippen molar-refractivity contribution in [2.75, 3.05) is 26.4 Å². The Bertz CT molecular complexity index is 959. The summed E-state index contributed by atoms with van der Waals surface area (Å²) in [6.45, 7) is 4.87. The zero-order valence-corrected chi connectivity index (χ0v) is 15.7. The topological polar surface area (TPSA) is 61.3 Å². The Labute approximate surface area is 163 Å². The van der Waals surface area contributed by atoms with Crippen LogP contribution >= 0.6 is 0 Å². The van der Waals surface area contributed by atoms with Crippen LogP contribution in [0.4, 0.5) is 0 Å². The lowest BCUT2D eigenvalue weighted by molar-refractivity contribution is 0.262. The van der Waals surface area contributed by atoms with Crippen LogP contribution in [0.5, 0.6) is 11.5 Å². The molecule has 6 heteroatoms. The highest BCUT2D eigenvalue weighted by Gasteiger charge is 2.23. The first-order valence-corrected chi connectivity index (χ1v) is 9.50. The average molecular weight is 378 g/mol. The predicted octanol–water partition coefficient (Wildman–Crippen LogP) is 3.40. The van der Waals surface area contributed by atoms with Gasteiger partial charge < -0.3 is 18.9 Å². The van der Waals surface area contributed by atoms with Crippen molar-refractivity contribution in [3.05, 3.63) is 60.3 Å². The molecule has 0 N–H and O–H groups in total. The summed E-state index contributed by atoms with van der Waals surface area (Å²) in [5.74, 6) is 1.74. The highest BCUT2D eigenvalue weighted by atomic mass is 16.6.